The third kappa shape index (κ3) is 3.21. The zero-order valence-corrected chi connectivity index (χ0v) is 12.8. The van der Waals surface area contributed by atoms with Gasteiger partial charge in [0.15, 0.2) is 10.9 Å². The van der Waals surface area contributed by atoms with Crippen molar-refractivity contribution in [3.63, 3.8) is 0 Å². The minimum absolute atomic E-state index is 0.0327. The molecule has 0 saturated carbocycles. The summed E-state index contributed by atoms with van der Waals surface area (Å²) in [5.74, 6) is -0.581. The number of benzene rings is 2. The molecule has 2 aromatic carbocycles. The van der Waals surface area contributed by atoms with Gasteiger partial charge < -0.3 is 4.98 Å². The van der Waals surface area contributed by atoms with Crippen molar-refractivity contribution in [2.24, 2.45) is 0 Å². The molecular formula is C16H10ClFN2OS. The van der Waals surface area contributed by atoms with Crippen LogP contribution >= 0.6 is 23.4 Å². The number of imidazole rings is 1. The monoisotopic (exact) mass is 332 g/mol. The number of ketones is 1. The van der Waals surface area contributed by atoms with E-state index in [1.54, 1.807) is 17.5 Å². The molecule has 0 aliphatic rings. The Kier molecular flexibility index (Phi) is 4.27. The molecule has 0 amide bonds. The van der Waals surface area contributed by atoms with Gasteiger partial charge in [-0.25, -0.2) is 9.37 Å². The Balaban J connectivity index is 1.74. The highest BCUT2D eigenvalue weighted by atomic mass is 35.5. The molecule has 0 saturated heterocycles. The topological polar surface area (TPSA) is 45.8 Å². The molecule has 3 aromatic rings. The van der Waals surface area contributed by atoms with Crippen LogP contribution < -0.4 is 0 Å². The fourth-order valence-corrected chi connectivity index (χ4v) is 2.69. The smallest absolute Gasteiger partial charge is 0.186 e. The van der Waals surface area contributed by atoms with Crippen LogP contribution in [0.2, 0.25) is 5.02 Å². The van der Waals surface area contributed by atoms with Crippen LogP contribution in [-0.4, -0.2) is 15.8 Å². The summed E-state index contributed by atoms with van der Waals surface area (Å²) in [6.07, 6.45) is 1.47. The van der Waals surface area contributed by atoms with Gasteiger partial charge in [-0.3, -0.25) is 4.79 Å². The van der Waals surface area contributed by atoms with E-state index in [1.807, 2.05) is 18.2 Å². The maximum Gasteiger partial charge on any atom is 0.186 e. The van der Waals surface area contributed by atoms with Crippen LogP contribution in [0.3, 0.4) is 0 Å². The van der Waals surface area contributed by atoms with Crippen molar-refractivity contribution in [1.29, 1.82) is 0 Å². The quantitative estimate of drug-likeness (QED) is 0.422. The summed E-state index contributed by atoms with van der Waals surface area (Å²) in [5.41, 5.74) is 1.77. The Morgan fingerprint density at radius 3 is 2.82 bits per heavy atom. The number of rotatable bonds is 4. The highest BCUT2D eigenvalue weighted by molar-refractivity contribution is 8.02. The van der Waals surface area contributed by atoms with Crippen LogP contribution in [0.4, 0.5) is 4.39 Å². The normalized spacial score (nSPS) is 11.4. The number of allylic oxidation sites excluding steroid dienone is 1. The van der Waals surface area contributed by atoms with E-state index in [4.69, 9.17) is 11.6 Å². The predicted octanol–water partition coefficient (Wildman–Crippen LogP) is 4.84. The molecule has 0 bridgehead atoms. The van der Waals surface area contributed by atoms with Crippen molar-refractivity contribution in [2.45, 2.75) is 5.16 Å². The lowest BCUT2D eigenvalue weighted by Gasteiger charge is -1.93. The van der Waals surface area contributed by atoms with E-state index in [0.29, 0.717) is 21.8 Å². The minimum Gasteiger partial charge on any atom is -0.333 e. The number of hydrogen-bond donors (Lipinski definition) is 1. The summed E-state index contributed by atoms with van der Waals surface area (Å²) in [4.78, 5) is 19.1. The highest BCUT2D eigenvalue weighted by Crippen LogP contribution is 2.25. The van der Waals surface area contributed by atoms with Gasteiger partial charge in [0.1, 0.15) is 5.82 Å². The third-order valence-corrected chi connectivity index (χ3v) is 3.94. The molecule has 1 N–H and O–H groups in total. The summed E-state index contributed by atoms with van der Waals surface area (Å²) in [6, 6.07) is 11.7. The molecule has 3 nitrogen and oxygen atoms in total. The SMILES string of the molecule is O=C(/C=C/Sc1nc2cc(Cl)c(F)cc2[nH]1)c1ccccc1. The Morgan fingerprint density at radius 1 is 1.27 bits per heavy atom. The van der Waals surface area contributed by atoms with Crippen molar-refractivity contribution >= 4 is 40.2 Å². The Hall–Kier alpha value is -2.11. The van der Waals surface area contributed by atoms with Gasteiger partial charge in [-0.05, 0) is 17.6 Å². The standard InChI is InChI=1S/C16H10ClFN2OS/c17-11-8-13-14(9-12(11)18)20-16(19-13)22-7-6-15(21)10-4-2-1-3-5-10/h1-9H,(H,19,20)/b7-6+. The number of nitrogens with zero attached hydrogens (tertiary/aromatic N) is 1. The van der Waals surface area contributed by atoms with Crippen molar-refractivity contribution in [1.82, 2.24) is 9.97 Å². The molecule has 0 fully saturated rings. The lowest BCUT2D eigenvalue weighted by atomic mass is 10.1. The Morgan fingerprint density at radius 2 is 2.05 bits per heavy atom. The lowest BCUT2D eigenvalue weighted by molar-refractivity contribution is 0.104. The van der Waals surface area contributed by atoms with Gasteiger partial charge in [0.05, 0.1) is 16.1 Å². The van der Waals surface area contributed by atoms with E-state index in [-0.39, 0.29) is 10.8 Å². The number of nitrogens with one attached hydrogen (secondary N) is 1. The third-order valence-electron chi connectivity index (χ3n) is 2.96. The summed E-state index contributed by atoms with van der Waals surface area (Å²) < 4.78 is 13.4. The molecule has 0 radical (unpaired) electrons. The number of carbonyl (C=O) groups excluding carboxylic acids is 1. The molecule has 0 spiro atoms. The van der Waals surface area contributed by atoms with E-state index in [0.717, 1.165) is 0 Å². The molecule has 0 aliphatic carbocycles. The second-order valence-corrected chi connectivity index (χ2v) is 5.78. The second-order valence-electron chi connectivity index (χ2n) is 4.48. The summed E-state index contributed by atoms with van der Waals surface area (Å²) in [5, 5.41) is 2.24. The van der Waals surface area contributed by atoms with Gasteiger partial charge in [0.25, 0.3) is 0 Å². The van der Waals surface area contributed by atoms with Crippen LogP contribution in [0, 0.1) is 5.82 Å². The van der Waals surface area contributed by atoms with Gasteiger partial charge in [-0.1, -0.05) is 53.7 Å². The predicted molar refractivity (Wildman–Crippen MR) is 86.8 cm³/mol. The van der Waals surface area contributed by atoms with Crippen molar-refractivity contribution in [3.8, 4) is 0 Å². The van der Waals surface area contributed by atoms with Crippen molar-refractivity contribution < 1.29 is 9.18 Å². The molecule has 1 aromatic heterocycles. The number of hydrogen-bond acceptors (Lipinski definition) is 3. The van der Waals surface area contributed by atoms with E-state index < -0.39 is 5.82 Å². The van der Waals surface area contributed by atoms with E-state index in [9.17, 15) is 9.18 Å². The Labute approximate surface area is 135 Å². The number of halogens is 2. The molecule has 1 heterocycles. The molecular weight excluding hydrogens is 323 g/mol. The number of aromatic amines is 1. The first kappa shape index (κ1) is 14.8. The average molecular weight is 333 g/mol. The van der Waals surface area contributed by atoms with Crippen LogP contribution in [0.25, 0.3) is 11.0 Å². The maximum atomic E-state index is 13.4. The number of thioether (sulfide) groups is 1. The van der Waals surface area contributed by atoms with Crippen LogP contribution in [0.15, 0.2) is 59.1 Å². The summed E-state index contributed by atoms with van der Waals surface area (Å²) >= 11 is 6.96. The number of fused-ring (bicyclic) bond motifs is 1. The van der Waals surface area contributed by atoms with Crippen molar-refractivity contribution in [2.75, 3.05) is 0 Å². The molecule has 6 heteroatoms. The minimum atomic E-state index is -0.496. The average Bonchev–Trinajstić information content (AvgIpc) is 2.90. The van der Waals surface area contributed by atoms with E-state index in [2.05, 4.69) is 9.97 Å². The van der Waals surface area contributed by atoms with Gasteiger partial charge in [0.2, 0.25) is 0 Å². The summed E-state index contributed by atoms with van der Waals surface area (Å²) in [7, 11) is 0. The molecule has 0 aliphatic heterocycles. The van der Waals surface area contributed by atoms with Gasteiger partial charge >= 0.3 is 0 Å². The molecule has 0 unspecified atom stereocenters. The zero-order valence-electron chi connectivity index (χ0n) is 11.2. The second kappa shape index (κ2) is 6.34. The molecule has 22 heavy (non-hydrogen) atoms. The van der Waals surface area contributed by atoms with Gasteiger partial charge in [-0.2, -0.15) is 0 Å². The fraction of sp³-hybridized carbons (Fsp3) is 0. The molecule has 3 rings (SSSR count). The molecule has 110 valence electrons. The lowest BCUT2D eigenvalue weighted by Crippen LogP contribution is -1.92. The number of H-pyrrole nitrogens is 1. The number of carbonyl (C=O) groups is 1. The first-order chi connectivity index (χ1) is 10.6. The fourth-order valence-electron chi connectivity index (χ4n) is 1.90. The highest BCUT2D eigenvalue weighted by Gasteiger charge is 2.07. The summed E-state index contributed by atoms with van der Waals surface area (Å²) in [6.45, 7) is 0. The van der Waals surface area contributed by atoms with Crippen LogP contribution in [0.1, 0.15) is 10.4 Å². The van der Waals surface area contributed by atoms with E-state index >= 15 is 0 Å². The first-order valence-electron chi connectivity index (χ1n) is 6.41. The van der Waals surface area contributed by atoms with Crippen molar-refractivity contribution in [3.05, 3.63) is 70.4 Å². The zero-order chi connectivity index (χ0) is 15.5. The molecule has 0 atom stereocenters. The largest absolute Gasteiger partial charge is 0.333 e. The van der Waals surface area contributed by atoms with Gasteiger partial charge in [0, 0.05) is 11.6 Å². The number of aromatic nitrogens is 2. The van der Waals surface area contributed by atoms with Crippen LogP contribution in [0.5, 0.6) is 0 Å². The maximum absolute atomic E-state index is 13.4. The van der Waals surface area contributed by atoms with Crippen LogP contribution in [-0.2, 0) is 0 Å². The first-order valence-corrected chi connectivity index (χ1v) is 7.66. The van der Waals surface area contributed by atoms with Gasteiger partial charge in [-0.15, -0.1) is 0 Å². The Bertz CT molecular complexity index is 822. The van der Waals surface area contributed by atoms with E-state index in [1.165, 1.54) is 30.0 Å².